The van der Waals surface area contributed by atoms with E-state index in [9.17, 15) is 9.59 Å². The van der Waals surface area contributed by atoms with Gasteiger partial charge in [0.2, 0.25) is 0 Å². The van der Waals surface area contributed by atoms with E-state index in [1.807, 2.05) is 6.07 Å². The number of carbonyl (C=O) groups is 2. The molecule has 0 amide bonds. The number of benzene rings is 1. The summed E-state index contributed by atoms with van der Waals surface area (Å²) in [6, 6.07) is 7.86. The van der Waals surface area contributed by atoms with E-state index in [4.69, 9.17) is 10.5 Å². The lowest BCUT2D eigenvalue weighted by Gasteiger charge is -2.09. The molecule has 0 aliphatic rings. The molecule has 0 aliphatic carbocycles. The molecule has 16 heavy (non-hydrogen) atoms. The van der Waals surface area contributed by atoms with Crippen LogP contribution in [0.1, 0.15) is 23.7 Å². The Bertz CT molecular complexity index is 362. The molecule has 0 aromatic heterocycles. The van der Waals surface area contributed by atoms with Crippen LogP contribution in [-0.2, 0) is 9.53 Å². The van der Waals surface area contributed by atoms with Crippen molar-refractivity contribution < 1.29 is 14.3 Å². The summed E-state index contributed by atoms with van der Waals surface area (Å²) in [7, 11) is 0. The number of hydrogen-bond acceptors (Lipinski definition) is 4. The van der Waals surface area contributed by atoms with E-state index >= 15 is 0 Å². The van der Waals surface area contributed by atoms with Gasteiger partial charge in [-0.15, -0.1) is 0 Å². The third-order valence-corrected chi connectivity index (χ3v) is 2.09. The fraction of sp³-hybridized carbons (Fsp3) is 0.333. The lowest BCUT2D eigenvalue weighted by atomic mass is 10.0. The van der Waals surface area contributed by atoms with Gasteiger partial charge < -0.3 is 10.5 Å². The molecular weight excluding hydrogens is 206 g/mol. The van der Waals surface area contributed by atoms with Crippen molar-refractivity contribution in [2.24, 2.45) is 5.73 Å². The van der Waals surface area contributed by atoms with Crippen LogP contribution < -0.4 is 5.73 Å². The summed E-state index contributed by atoms with van der Waals surface area (Å²) >= 11 is 0. The minimum atomic E-state index is -0.882. The van der Waals surface area contributed by atoms with Crippen molar-refractivity contribution in [1.82, 2.24) is 0 Å². The molecule has 0 aliphatic heterocycles. The molecule has 1 atom stereocenters. The number of esters is 1. The maximum absolute atomic E-state index is 11.7. The van der Waals surface area contributed by atoms with Crippen molar-refractivity contribution in [1.29, 1.82) is 0 Å². The molecule has 1 rings (SSSR count). The van der Waals surface area contributed by atoms with Gasteiger partial charge in [0.25, 0.3) is 0 Å². The van der Waals surface area contributed by atoms with Crippen LogP contribution in [0.3, 0.4) is 0 Å². The molecule has 1 unspecified atom stereocenters. The molecule has 0 fully saturated rings. The summed E-state index contributed by atoms with van der Waals surface area (Å²) in [4.78, 5) is 22.9. The monoisotopic (exact) mass is 221 g/mol. The summed E-state index contributed by atoms with van der Waals surface area (Å²) in [5.41, 5.74) is 6.10. The van der Waals surface area contributed by atoms with E-state index < -0.39 is 12.0 Å². The average Bonchev–Trinajstić information content (AvgIpc) is 2.30. The smallest absolute Gasteiger partial charge is 0.323 e. The fourth-order valence-corrected chi connectivity index (χ4v) is 1.27. The topological polar surface area (TPSA) is 69.4 Å². The summed E-state index contributed by atoms with van der Waals surface area (Å²) in [5, 5.41) is 0. The third kappa shape index (κ3) is 3.47. The maximum atomic E-state index is 11.7. The van der Waals surface area contributed by atoms with Crippen LogP contribution >= 0.6 is 0 Å². The highest BCUT2D eigenvalue weighted by Gasteiger charge is 2.19. The largest absolute Gasteiger partial charge is 0.465 e. The summed E-state index contributed by atoms with van der Waals surface area (Å²) < 4.78 is 4.72. The zero-order chi connectivity index (χ0) is 12.0. The normalized spacial score (nSPS) is 11.9. The van der Waals surface area contributed by atoms with Gasteiger partial charge in [0.1, 0.15) is 6.04 Å². The summed E-state index contributed by atoms with van der Waals surface area (Å²) in [6.45, 7) is 1.97. The second-order valence-electron chi connectivity index (χ2n) is 3.35. The molecule has 0 saturated carbocycles. The number of rotatable bonds is 5. The van der Waals surface area contributed by atoms with Crippen molar-refractivity contribution in [3.8, 4) is 0 Å². The van der Waals surface area contributed by atoms with Crippen molar-refractivity contribution in [3.05, 3.63) is 35.9 Å². The Morgan fingerprint density at radius 1 is 1.31 bits per heavy atom. The first-order valence-corrected chi connectivity index (χ1v) is 5.15. The van der Waals surface area contributed by atoms with Gasteiger partial charge in [-0.25, -0.2) is 0 Å². The molecule has 0 bridgehead atoms. The summed E-state index contributed by atoms with van der Waals surface area (Å²) in [5.74, 6) is -0.687. The van der Waals surface area contributed by atoms with Crippen molar-refractivity contribution in [3.63, 3.8) is 0 Å². The molecule has 0 saturated heterocycles. The molecule has 0 spiro atoms. The lowest BCUT2D eigenvalue weighted by molar-refractivity contribution is -0.144. The molecule has 0 heterocycles. The second kappa shape index (κ2) is 6.02. The highest BCUT2D eigenvalue weighted by atomic mass is 16.5. The van der Waals surface area contributed by atoms with Crippen LogP contribution in [0.25, 0.3) is 0 Å². The van der Waals surface area contributed by atoms with Gasteiger partial charge >= 0.3 is 5.97 Å². The predicted molar refractivity (Wildman–Crippen MR) is 60.0 cm³/mol. The highest BCUT2D eigenvalue weighted by molar-refractivity contribution is 5.98. The Morgan fingerprint density at radius 3 is 2.50 bits per heavy atom. The van der Waals surface area contributed by atoms with Gasteiger partial charge in [-0.2, -0.15) is 0 Å². The standard InChI is InChI=1S/C12H15NO3/c1-2-16-12(15)10(13)8-11(14)9-6-4-3-5-7-9/h3-7,10H,2,8,13H2,1H3. The van der Waals surface area contributed by atoms with Crippen LogP contribution in [-0.4, -0.2) is 24.4 Å². The fourth-order valence-electron chi connectivity index (χ4n) is 1.27. The number of carbonyl (C=O) groups excluding carboxylic acids is 2. The highest BCUT2D eigenvalue weighted by Crippen LogP contribution is 2.05. The molecule has 86 valence electrons. The van der Waals surface area contributed by atoms with Crippen LogP contribution in [0.5, 0.6) is 0 Å². The molecular formula is C12H15NO3. The van der Waals surface area contributed by atoms with Crippen LogP contribution in [0, 0.1) is 0 Å². The maximum Gasteiger partial charge on any atom is 0.323 e. The van der Waals surface area contributed by atoms with Crippen LogP contribution in [0.2, 0.25) is 0 Å². The third-order valence-electron chi connectivity index (χ3n) is 2.09. The van der Waals surface area contributed by atoms with E-state index in [1.54, 1.807) is 31.2 Å². The van der Waals surface area contributed by atoms with Gasteiger partial charge in [0.05, 0.1) is 6.61 Å². The molecule has 1 aromatic carbocycles. The van der Waals surface area contributed by atoms with Gasteiger partial charge in [0.15, 0.2) is 5.78 Å². The van der Waals surface area contributed by atoms with Gasteiger partial charge in [-0.3, -0.25) is 9.59 Å². The van der Waals surface area contributed by atoms with Gasteiger partial charge in [-0.1, -0.05) is 30.3 Å². The zero-order valence-electron chi connectivity index (χ0n) is 9.18. The van der Waals surface area contributed by atoms with E-state index in [-0.39, 0.29) is 18.8 Å². The van der Waals surface area contributed by atoms with Gasteiger partial charge in [0, 0.05) is 12.0 Å². The molecule has 0 radical (unpaired) electrons. The van der Waals surface area contributed by atoms with Crippen molar-refractivity contribution in [2.75, 3.05) is 6.61 Å². The van der Waals surface area contributed by atoms with Crippen molar-refractivity contribution in [2.45, 2.75) is 19.4 Å². The van der Waals surface area contributed by atoms with Gasteiger partial charge in [-0.05, 0) is 6.92 Å². The second-order valence-corrected chi connectivity index (χ2v) is 3.35. The number of ketones is 1. The first-order valence-electron chi connectivity index (χ1n) is 5.15. The number of nitrogens with two attached hydrogens (primary N) is 1. The number of ether oxygens (including phenoxy) is 1. The first kappa shape index (κ1) is 12.4. The Kier molecular flexibility index (Phi) is 4.66. The van der Waals surface area contributed by atoms with Crippen molar-refractivity contribution >= 4 is 11.8 Å². The van der Waals surface area contributed by atoms with E-state index in [0.717, 1.165) is 0 Å². The number of Topliss-reactive ketones (excluding diaryl/α,β-unsaturated/α-hetero) is 1. The molecule has 4 nitrogen and oxygen atoms in total. The average molecular weight is 221 g/mol. The molecule has 2 N–H and O–H groups in total. The van der Waals surface area contributed by atoms with Crippen LogP contribution in [0.15, 0.2) is 30.3 Å². The Balaban J connectivity index is 2.55. The SMILES string of the molecule is CCOC(=O)C(N)CC(=O)c1ccccc1. The summed E-state index contributed by atoms with van der Waals surface area (Å²) in [6.07, 6.45) is -0.0250. The minimum Gasteiger partial charge on any atom is -0.465 e. The Morgan fingerprint density at radius 2 is 1.94 bits per heavy atom. The molecule has 4 heteroatoms. The van der Waals surface area contributed by atoms with E-state index in [0.29, 0.717) is 5.56 Å². The molecule has 1 aromatic rings. The minimum absolute atomic E-state index is 0.0250. The number of hydrogen-bond donors (Lipinski definition) is 1. The van der Waals surface area contributed by atoms with E-state index in [1.165, 1.54) is 0 Å². The zero-order valence-corrected chi connectivity index (χ0v) is 9.18. The Hall–Kier alpha value is -1.68. The lowest BCUT2D eigenvalue weighted by Crippen LogP contribution is -2.34. The van der Waals surface area contributed by atoms with E-state index in [2.05, 4.69) is 0 Å². The quantitative estimate of drug-likeness (QED) is 0.598. The van der Waals surface area contributed by atoms with Crippen LogP contribution in [0.4, 0.5) is 0 Å². The Labute approximate surface area is 94.4 Å². The first-order chi connectivity index (χ1) is 7.65. The predicted octanol–water partition coefficient (Wildman–Crippen LogP) is 1.15.